The summed E-state index contributed by atoms with van der Waals surface area (Å²) in [5.74, 6) is 0.604. The number of imidazole rings is 1. The van der Waals surface area contributed by atoms with Crippen LogP contribution in [0.1, 0.15) is 28.8 Å². The molecule has 2 N–H and O–H groups in total. The molecular formula is C27H24ClN5O3S. The van der Waals surface area contributed by atoms with Crippen molar-refractivity contribution in [3.8, 4) is 17.6 Å². The number of fused-ring (bicyclic) bond motifs is 4. The highest BCUT2D eigenvalue weighted by Crippen LogP contribution is 2.39. The topological polar surface area (TPSA) is 109 Å². The van der Waals surface area contributed by atoms with Crippen molar-refractivity contribution in [2.75, 3.05) is 13.1 Å². The number of nitrogens with one attached hydrogen (secondary N) is 2. The van der Waals surface area contributed by atoms with E-state index in [2.05, 4.69) is 16.1 Å². The molecule has 0 fully saturated rings. The average Bonchev–Trinajstić information content (AvgIpc) is 3.33. The van der Waals surface area contributed by atoms with Crippen LogP contribution in [0, 0.1) is 11.3 Å². The molecule has 0 saturated carbocycles. The number of aryl methyl sites for hydroxylation is 1. The predicted octanol–water partition coefficient (Wildman–Crippen LogP) is 4.30. The third kappa shape index (κ3) is 4.84. The molecule has 1 aliphatic rings. The zero-order chi connectivity index (χ0) is 26.0. The van der Waals surface area contributed by atoms with Crippen LogP contribution in [-0.2, 0) is 22.6 Å². The van der Waals surface area contributed by atoms with Gasteiger partial charge >= 0.3 is 0 Å². The van der Waals surface area contributed by atoms with E-state index < -0.39 is 15.6 Å². The Morgan fingerprint density at radius 3 is 2.59 bits per heavy atom. The molecule has 0 saturated heterocycles. The van der Waals surface area contributed by atoms with Crippen LogP contribution in [0.2, 0.25) is 5.02 Å². The molecule has 0 aliphatic carbocycles. The lowest BCUT2D eigenvalue weighted by Crippen LogP contribution is -2.46. The van der Waals surface area contributed by atoms with Crippen molar-refractivity contribution in [1.82, 2.24) is 19.6 Å². The minimum Gasteiger partial charge on any atom is -0.456 e. The molecule has 2 heterocycles. The number of hydrogen-bond donors (Lipinski definition) is 2. The molecule has 3 aromatic carbocycles. The van der Waals surface area contributed by atoms with Gasteiger partial charge in [0.15, 0.2) is 0 Å². The Morgan fingerprint density at radius 1 is 1.08 bits per heavy atom. The molecule has 188 valence electrons. The standard InChI is InChI=1S/C27H24ClN5O3S/c1-33-17-26(30-18-33)27(20-8-10-22(28)11-9-20)21-7-6-19(16-29)25(14-21)36-23-4-2-5-24(15-23)37(34,35)32-13-3-12-31-27/h2,4-11,14-15,17-18,31-32H,3,12-13H2,1H3. The van der Waals surface area contributed by atoms with E-state index in [0.29, 0.717) is 35.1 Å². The Hall–Kier alpha value is -3.68. The minimum absolute atomic E-state index is 0.0914. The van der Waals surface area contributed by atoms with Gasteiger partial charge in [-0.2, -0.15) is 5.26 Å². The smallest absolute Gasteiger partial charge is 0.240 e. The van der Waals surface area contributed by atoms with Gasteiger partial charge in [-0.1, -0.05) is 35.9 Å². The Morgan fingerprint density at radius 2 is 1.86 bits per heavy atom. The van der Waals surface area contributed by atoms with Crippen LogP contribution >= 0.6 is 11.6 Å². The highest BCUT2D eigenvalue weighted by Gasteiger charge is 2.39. The summed E-state index contributed by atoms with van der Waals surface area (Å²) in [6.45, 7) is 0.690. The molecule has 8 nitrogen and oxygen atoms in total. The molecule has 5 rings (SSSR count). The number of nitrogens with zero attached hydrogens (tertiary/aromatic N) is 3. The summed E-state index contributed by atoms with van der Waals surface area (Å²) >= 11 is 6.23. The zero-order valence-electron chi connectivity index (χ0n) is 20.0. The zero-order valence-corrected chi connectivity index (χ0v) is 21.6. The second kappa shape index (κ2) is 10.00. The van der Waals surface area contributed by atoms with Crippen molar-refractivity contribution in [2.24, 2.45) is 7.05 Å². The number of aromatic nitrogens is 2. The number of sulfonamides is 1. The molecule has 0 radical (unpaired) electrons. The first-order valence-electron chi connectivity index (χ1n) is 11.6. The number of hydrogen-bond acceptors (Lipinski definition) is 6. The Balaban J connectivity index is 1.76. The van der Waals surface area contributed by atoms with E-state index in [4.69, 9.17) is 21.3 Å². The van der Waals surface area contributed by atoms with E-state index in [1.807, 2.05) is 48.1 Å². The summed E-state index contributed by atoms with van der Waals surface area (Å²) in [6.07, 6.45) is 4.16. The van der Waals surface area contributed by atoms with Crippen molar-refractivity contribution >= 4 is 21.6 Å². The molecule has 1 atom stereocenters. The van der Waals surface area contributed by atoms with E-state index >= 15 is 0 Å². The summed E-state index contributed by atoms with van der Waals surface area (Å²) in [6, 6.07) is 21.3. The SMILES string of the molecule is Cn1cnc(C2(c3ccc(Cl)cc3)NCCCNS(=O)(=O)c3cccc(c3)Oc3cc2ccc3C#N)c1. The minimum atomic E-state index is -3.74. The van der Waals surface area contributed by atoms with Gasteiger partial charge in [-0.3, -0.25) is 5.32 Å². The maximum Gasteiger partial charge on any atom is 0.240 e. The molecule has 0 amide bonds. The van der Waals surface area contributed by atoms with Gasteiger partial charge in [-0.05, 0) is 60.5 Å². The lowest BCUT2D eigenvalue weighted by Gasteiger charge is -2.35. The summed E-state index contributed by atoms with van der Waals surface area (Å²) in [4.78, 5) is 4.79. The molecule has 37 heavy (non-hydrogen) atoms. The van der Waals surface area contributed by atoms with Gasteiger partial charge in [-0.25, -0.2) is 18.1 Å². The van der Waals surface area contributed by atoms with E-state index in [0.717, 1.165) is 16.8 Å². The summed E-state index contributed by atoms with van der Waals surface area (Å²) in [5, 5.41) is 14.0. The normalized spacial score (nSPS) is 19.3. The first kappa shape index (κ1) is 25.0. The molecule has 1 aliphatic heterocycles. The fourth-order valence-electron chi connectivity index (χ4n) is 4.48. The number of ether oxygens (including phenoxy) is 1. The van der Waals surface area contributed by atoms with Crippen LogP contribution in [0.5, 0.6) is 11.5 Å². The second-order valence-electron chi connectivity index (χ2n) is 8.76. The number of halogens is 1. The lowest BCUT2D eigenvalue weighted by atomic mass is 9.79. The van der Waals surface area contributed by atoms with Gasteiger partial charge in [0.1, 0.15) is 23.1 Å². The summed E-state index contributed by atoms with van der Waals surface area (Å²) in [5.41, 5.74) is 1.77. The van der Waals surface area contributed by atoms with Crippen molar-refractivity contribution in [3.05, 3.63) is 107 Å². The molecule has 1 aromatic heterocycles. The largest absolute Gasteiger partial charge is 0.456 e. The lowest BCUT2D eigenvalue weighted by molar-refractivity contribution is 0.445. The first-order valence-corrected chi connectivity index (χ1v) is 13.5. The highest BCUT2D eigenvalue weighted by molar-refractivity contribution is 7.89. The monoisotopic (exact) mass is 533 g/mol. The molecule has 10 heteroatoms. The third-order valence-corrected chi connectivity index (χ3v) is 7.99. The van der Waals surface area contributed by atoms with Gasteiger partial charge in [0.2, 0.25) is 10.0 Å². The average molecular weight is 534 g/mol. The summed E-state index contributed by atoms with van der Waals surface area (Å²) < 4.78 is 36.4. The third-order valence-electron chi connectivity index (χ3n) is 6.28. The van der Waals surface area contributed by atoms with Gasteiger partial charge in [0, 0.05) is 30.9 Å². The number of benzene rings is 3. The van der Waals surface area contributed by atoms with E-state index in [-0.39, 0.29) is 11.4 Å². The highest BCUT2D eigenvalue weighted by atomic mass is 35.5. The van der Waals surface area contributed by atoms with Gasteiger partial charge in [0.05, 0.1) is 22.5 Å². The molecule has 4 bridgehead atoms. The van der Waals surface area contributed by atoms with Crippen molar-refractivity contribution < 1.29 is 13.2 Å². The van der Waals surface area contributed by atoms with E-state index in [1.54, 1.807) is 30.6 Å². The number of nitriles is 1. The van der Waals surface area contributed by atoms with Crippen LogP contribution in [0.3, 0.4) is 0 Å². The second-order valence-corrected chi connectivity index (χ2v) is 11.0. The molecule has 1 unspecified atom stereocenters. The Labute approximate surface area is 220 Å². The number of rotatable bonds is 2. The molecule has 4 aromatic rings. The quantitative estimate of drug-likeness (QED) is 0.397. The maximum atomic E-state index is 12.9. The molecule has 0 spiro atoms. The van der Waals surface area contributed by atoms with Crippen LogP contribution in [-0.4, -0.2) is 31.1 Å². The molecular weight excluding hydrogens is 510 g/mol. The fraction of sp³-hybridized carbons (Fsp3) is 0.185. The van der Waals surface area contributed by atoms with Crippen LogP contribution in [0.4, 0.5) is 0 Å². The predicted molar refractivity (Wildman–Crippen MR) is 140 cm³/mol. The first-order chi connectivity index (χ1) is 17.8. The van der Waals surface area contributed by atoms with E-state index in [9.17, 15) is 13.7 Å². The van der Waals surface area contributed by atoms with Crippen LogP contribution < -0.4 is 14.8 Å². The van der Waals surface area contributed by atoms with Crippen molar-refractivity contribution in [2.45, 2.75) is 16.9 Å². The van der Waals surface area contributed by atoms with E-state index in [1.165, 1.54) is 12.1 Å². The van der Waals surface area contributed by atoms with Crippen LogP contribution in [0.15, 0.2) is 84.1 Å². The Bertz CT molecular complexity index is 1600. The summed E-state index contributed by atoms with van der Waals surface area (Å²) in [7, 11) is -1.85. The van der Waals surface area contributed by atoms with Crippen molar-refractivity contribution in [3.63, 3.8) is 0 Å². The Kier molecular flexibility index (Phi) is 6.75. The maximum absolute atomic E-state index is 12.9. The van der Waals surface area contributed by atoms with Gasteiger partial charge in [0.25, 0.3) is 0 Å². The van der Waals surface area contributed by atoms with Crippen molar-refractivity contribution in [1.29, 1.82) is 5.26 Å². The fourth-order valence-corrected chi connectivity index (χ4v) is 5.72. The van der Waals surface area contributed by atoms with Gasteiger partial charge < -0.3 is 9.30 Å². The van der Waals surface area contributed by atoms with Gasteiger partial charge in [-0.15, -0.1) is 0 Å². The van der Waals surface area contributed by atoms with Crippen LogP contribution in [0.25, 0.3) is 0 Å².